The molecule has 17 atom stereocenters. The van der Waals surface area contributed by atoms with Gasteiger partial charge in [0, 0.05) is 122 Å². The van der Waals surface area contributed by atoms with E-state index in [-0.39, 0.29) is 62.4 Å². The number of methoxy groups -OCH3 is 3. The second-order valence-corrected chi connectivity index (χ2v) is 16.1. The number of cyclic esters (lactones) is 1. The van der Waals surface area contributed by atoms with Crippen LogP contribution < -0.4 is 0 Å². The van der Waals surface area contributed by atoms with Crippen LogP contribution >= 0.6 is 7.37 Å². The zero-order valence-electron chi connectivity index (χ0n) is 92.7. The molecule has 0 aromatic heterocycles. The number of hydrogen-bond acceptors (Lipinski definition) is 14. The number of Topliss-reactive ketones (excluding diaryl/α,β-unsaturated/α-hetero) is 3. The predicted molar refractivity (Wildman–Crippen MR) is 268 cm³/mol. The fourth-order valence-corrected chi connectivity index (χ4v) is 5.79. The summed E-state index contributed by atoms with van der Waals surface area (Å²) in [5, 5.41) is 25.1. The molecule has 3 aliphatic heterocycles. The Bertz CT molecular complexity index is 4560. The summed E-state index contributed by atoms with van der Waals surface area (Å²) in [5.74, 6) is -56.4. The van der Waals surface area contributed by atoms with Crippen LogP contribution in [0.1, 0.15) is 199 Å². The van der Waals surface area contributed by atoms with Crippen molar-refractivity contribution in [2.45, 2.75) is 180 Å². The minimum absolute atomic E-state index is 0.00859. The van der Waals surface area contributed by atoms with Crippen molar-refractivity contribution in [3.05, 3.63) is 47.5 Å². The summed E-state index contributed by atoms with van der Waals surface area (Å²) >= 11 is 0. The monoisotopic (exact) mass is 1060 g/mol. The molecule has 2 unspecified atom stereocenters. The molecule has 0 radical (unpaired) electrons. The van der Waals surface area contributed by atoms with E-state index in [1.54, 1.807) is 0 Å². The van der Waals surface area contributed by atoms with Gasteiger partial charge in [-0.3, -0.25) is 23.7 Å². The lowest BCUT2D eigenvalue weighted by molar-refractivity contribution is -0.265. The first-order chi connectivity index (χ1) is 53.4. The third kappa shape index (κ3) is 15.7. The summed E-state index contributed by atoms with van der Waals surface area (Å²) in [6, 6.07) is -20.0. The van der Waals surface area contributed by atoms with Gasteiger partial charge < -0.3 is 43.3 Å². The molecule has 16 heteroatoms. The van der Waals surface area contributed by atoms with E-state index in [4.69, 9.17) is 61.9 Å². The number of piperidine rings is 1. The Morgan fingerprint density at radius 3 is 2.41 bits per heavy atom. The standard InChI is InChI=1S/C54H86NO14P/c1-32-19-15-14-16-20-33(2)45(64-9)30-41-24-22-37(6)54(62,68-41)51(59)52(60)55-26-18-17-21-42(55)53(61)67-46(35(4)28-40-23-25-44(47(29-40)65-10)69-70(12,13)63)31-43(56)34(3)27-36(5)48(57)50(66-11)49(58)39(8)38(32)7/h14-16,19-20,27,32,34-35,37-42,44-48,50,57,62H,17-18,21-26,28-31H2,1-13H3/b16-14?,19-15?,33-20?,36-27+/t32-,34-,35-,37-,38?,39-,40+,41+,42+,44-,45+,46+,47-,48-,50-,54-/m1/s1/i2D3,9D3,12D3,14D,15D,16D,17D2,18D2,19D,20D,21D2,22D2,23D2,24D2,25D2,26D2,27D,28D2,29D2,30D2,31D2,32D,34D,35D,37D,38D,39D,40D,41D,42D,44D,45D,46D,47D,48D,50D/t32-,34-,35-,37-,38?,39-,40+,41+,42+,44-,45+,46+,47-,48-,50-,54-,70?. The van der Waals surface area contributed by atoms with Gasteiger partial charge in [0.2, 0.25) is 5.79 Å². The van der Waals surface area contributed by atoms with Gasteiger partial charge in [-0.1, -0.05) is 77.9 Å². The number of aliphatic hydroxyl groups is 2. The minimum atomic E-state index is -6.26. The van der Waals surface area contributed by atoms with Gasteiger partial charge in [0.25, 0.3) is 11.7 Å². The van der Waals surface area contributed by atoms with Crippen LogP contribution in [-0.2, 0) is 56.7 Å². The van der Waals surface area contributed by atoms with Gasteiger partial charge in [0.15, 0.2) is 13.2 Å². The molecule has 4 rings (SSSR count). The topological polar surface area (TPSA) is 201 Å². The van der Waals surface area contributed by atoms with Crippen molar-refractivity contribution in [3.8, 4) is 0 Å². The van der Waals surface area contributed by atoms with Crippen molar-refractivity contribution in [2.75, 3.05) is 41.0 Å². The van der Waals surface area contributed by atoms with Gasteiger partial charge >= 0.3 is 5.97 Å². The molecule has 15 nitrogen and oxygen atoms in total. The number of hydrogen-bond donors (Lipinski definition) is 2. The Labute approximate surface area is 493 Å². The number of fused-ring (bicyclic) bond motifs is 3. The highest BCUT2D eigenvalue weighted by atomic mass is 31.2. The molecular weight excluding hydrogens is 918 g/mol. The smallest absolute Gasteiger partial charge is 0.329 e. The number of carbonyl (C=O) groups excluding carboxylic acids is 5. The van der Waals surface area contributed by atoms with Gasteiger partial charge in [0.05, 0.1) is 47.6 Å². The van der Waals surface area contributed by atoms with Gasteiger partial charge in [-0.15, -0.1) is 0 Å². The van der Waals surface area contributed by atoms with Gasteiger partial charge in [0.1, 0.15) is 30.0 Å². The first kappa shape index (κ1) is 18.9. The third-order valence-electron chi connectivity index (χ3n) is 9.23. The summed E-state index contributed by atoms with van der Waals surface area (Å²) in [5.41, 5.74) is -4.93. The van der Waals surface area contributed by atoms with Crippen molar-refractivity contribution in [2.24, 2.45) is 41.3 Å². The van der Waals surface area contributed by atoms with E-state index in [2.05, 4.69) is 4.74 Å². The highest BCUT2D eigenvalue weighted by molar-refractivity contribution is 7.57. The Kier molecular flexibility index (Phi) is 7.21. The number of allylic oxidation sites excluding steroid dienone is 6. The molecule has 3 heterocycles. The molecular formula is C54H86NO14P. The first-order valence-corrected chi connectivity index (χ1v) is 21.7. The van der Waals surface area contributed by atoms with Crippen LogP contribution in [0.25, 0.3) is 0 Å². The Balaban J connectivity index is 2.69. The van der Waals surface area contributed by atoms with E-state index in [0.29, 0.717) is 0 Å². The lowest BCUT2D eigenvalue weighted by Crippen LogP contribution is -2.61. The van der Waals surface area contributed by atoms with E-state index in [0.717, 1.165) is 0 Å². The number of amides is 1. The summed E-state index contributed by atoms with van der Waals surface area (Å²) in [7, 11) is -10.6. The van der Waals surface area contributed by atoms with Gasteiger partial charge in [-0.25, -0.2) is 4.79 Å². The average Bonchev–Trinajstić information content (AvgIpc) is 0.640. The van der Waals surface area contributed by atoms with Crippen LogP contribution in [0.4, 0.5) is 0 Å². The van der Waals surface area contributed by atoms with Crippen molar-refractivity contribution < 1.29 is 141 Å². The van der Waals surface area contributed by atoms with E-state index < -0.39 is 289 Å². The van der Waals surface area contributed by atoms with E-state index >= 15 is 24.0 Å². The molecule has 396 valence electrons. The van der Waals surface area contributed by atoms with E-state index in [1.165, 1.54) is 0 Å². The highest BCUT2D eigenvalue weighted by Crippen LogP contribution is 2.45. The van der Waals surface area contributed by atoms with Crippen LogP contribution in [0.2, 0.25) is 0 Å². The largest absolute Gasteiger partial charge is 0.460 e. The SMILES string of the molecule is [2H]C1=C([2H])C([2H])=C(C([2H])([2H])[2H])[C@@]([2H])(OC([2H])([2H])[2H])C([2H])([2H])[C@@]2([2H])O[C@@](O)(C(=O)C(=O)N3C([2H])([2H])C([2H])([2H])C([2H])([2H])C([2H])([2H])[C@@]3([2H])C(=O)O[C@]([2H])([C@]([2H])(C)C([2H])([2H])[C@]3([2H])C([2H])([2H])C([2H])([2H])[C@@]([2H])(OP(C)(=O)C([2H])([2H])[2H])[C@]([2H])(OC)C3([2H])[2H])C([2H])([2H])C(=O)[C@]([2H])(C)/C([2H])=C(\C)[C@@]([2H])(O)[C@@]([2H])(OC)C(=O)[C@]([2H])(C)C([2H])(C)[C@]([2H])(C)C([2H])=C1[2H])[C@]([2H])(C)C([2H])([2H])C2([2H])[2H]. The molecule has 70 heavy (non-hydrogen) atoms. The maximum absolute atomic E-state index is 16.2. The zero-order valence-corrected chi connectivity index (χ0v) is 39.6. The maximum atomic E-state index is 16.2. The molecule has 1 amide bonds. The second kappa shape index (κ2) is 26.7. The molecule has 0 aromatic carbocycles. The molecule has 4 aliphatic rings. The summed E-state index contributed by atoms with van der Waals surface area (Å²) in [4.78, 5) is 76.6. The Morgan fingerprint density at radius 2 is 1.74 bits per heavy atom. The number of esters is 1. The number of ketones is 3. The molecule has 3 fully saturated rings. The Hall–Kier alpha value is -3.14. The second-order valence-electron chi connectivity index (χ2n) is 14.2. The average molecular weight is 1060 g/mol. The lowest BCUT2D eigenvalue weighted by Gasteiger charge is -2.42. The van der Waals surface area contributed by atoms with Gasteiger partial charge in [-0.2, -0.15) is 0 Å². The molecule has 1 saturated carbocycles. The van der Waals surface area contributed by atoms with E-state index in [1.807, 2.05) is 0 Å². The first-order valence-electron chi connectivity index (χ1n) is 46.6. The van der Waals surface area contributed by atoms with Gasteiger partial charge in [-0.05, 0) is 106 Å². The molecule has 1 aliphatic carbocycles. The number of nitrogens with zero attached hydrogens (tertiary/aromatic N) is 1. The molecule has 2 saturated heterocycles. The molecule has 0 aromatic rings. The predicted octanol–water partition coefficient (Wildman–Crippen LogP) is 7.99. The van der Waals surface area contributed by atoms with Crippen LogP contribution in [0.5, 0.6) is 0 Å². The van der Waals surface area contributed by atoms with E-state index in [9.17, 15) is 50.4 Å². The van der Waals surface area contributed by atoms with Crippen molar-refractivity contribution in [1.82, 2.24) is 4.90 Å². The fraction of sp³-hybridized carbons (Fsp3) is 0.759. The number of rotatable bonds is 8. The zero-order chi connectivity index (χ0) is 100. The van der Waals surface area contributed by atoms with Crippen molar-refractivity contribution in [1.29, 1.82) is 0 Å². The normalized spacial score (nSPS) is 75.0. The molecule has 2 bridgehead atoms. The van der Waals surface area contributed by atoms with Crippen molar-refractivity contribution in [3.63, 3.8) is 0 Å². The van der Waals surface area contributed by atoms with Crippen LogP contribution in [-0.4, -0.2) is 140 Å². The summed E-state index contributed by atoms with van der Waals surface area (Å²) < 4.78 is 532. The van der Waals surface area contributed by atoms with Crippen LogP contribution in [0.15, 0.2) is 47.5 Å². The maximum Gasteiger partial charge on any atom is 0.329 e. The highest BCUT2D eigenvalue weighted by Gasteiger charge is 2.53. The Morgan fingerprint density at radius 1 is 1.00 bits per heavy atom. The minimum Gasteiger partial charge on any atom is -0.460 e. The fourth-order valence-electron chi connectivity index (χ4n) is 5.31. The van der Waals surface area contributed by atoms with Crippen molar-refractivity contribution >= 4 is 36.6 Å². The summed E-state index contributed by atoms with van der Waals surface area (Å²) in [6.07, 6.45) is -98.4. The molecule has 0 spiro atoms. The lowest BCUT2D eigenvalue weighted by atomic mass is 9.78. The summed E-state index contributed by atoms with van der Waals surface area (Å²) in [6.45, 7) is -15.1. The number of ether oxygens (including phenoxy) is 5. The van der Waals surface area contributed by atoms with Crippen LogP contribution in [0, 0.1) is 41.3 Å². The quantitative estimate of drug-likeness (QED) is 0.103. The molecule has 2 N–H and O–H groups in total. The number of carbonyl (C=O) groups is 5. The van der Waals surface area contributed by atoms with Crippen LogP contribution in [0.3, 0.4) is 0 Å². The third-order valence-corrected chi connectivity index (χ3v) is 9.76.